The predicted molar refractivity (Wildman–Crippen MR) is 248 cm³/mol. The summed E-state index contributed by atoms with van der Waals surface area (Å²) >= 11 is 0. The van der Waals surface area contributed by atoms with Crippen molar-refractivity contribution in [3.05, 3.63) is 174 Å². The summed E-state index contributed by atoms with van der Waals surface area (Å²) in [5.74, 6) is 0.601. The van der Waals surface area contributed by atoms with Crippen molar-refractivity contribution >= 4 is 49.4 Å². The number of hydrogen-bond donors (Lipinski definition) is 0. The number of benzene rings is 8. The Morgan fingerprint density at radius 2 is 1.04 bits per heavy atom. The van der Waals surface area contributed by atoms with Crippen molar-refractivity contribution in [1.29, 1.82) is 0 Å². The highest BCUT2D eigenvalue weighted by Crippen LogP contribution is 2.47. The van der Waals surface area contributed by atoms with Gasteiger partial charge in [0.15, 0.2) is 0 Å². The summed E-state index contributed by atoms with van der Waals surface area (Å²) in [6.07, 6.45) is 6.54. The molecule has 0 N–H and O–H groups in total. The monoisotopic (exact) mass is 741 g/mol. The second-order valence-electron chi connectivity index (χ2n) is 18.4. The summed E-state index contributed by atoms with van der Waals surface area (Å²) in [6.45, 7) is 14.0. The van der Waals surface area contributed by atoms with Crippen LogP contribution in [0.5, 0.6) is 0 Å². The Balaban J connectivity index is 1.26. The van der Waals surface area contributed by atoms with Crippen molar-refractivity contribution in [3.8, 4) is 22.3 Å². The van der Waals surface area contributed by atoms with Crippen molar-refractivity contribution in [1.82, 2.24) is 0 Å². The maximum absolute atomic E-state index is 2.53. The minimum atomic E-state index is -0.0197. The third-order valence-electron chi connectivity index (χ3n) is 12.5. The number of anilines is 3. The number of hydrogen-bond acceptors (Lipinski definition) is 1. The van der Waals surface area contributed by atoms with Gasteiger partial charge >= 0.3 is 0 Å². The van der Waals surface area contributed by atoms with E-state index in [9.17, 15) is 0 Å². The van der Waals surface area contributed by atoms with Crippen LogP contribution in [0, 0.1) is 0 Å². The Bertz CT molecular complexity index is 2690. The summed E-state index contributed by atoms with van der Waals surface area (Å²) in [5, 5.41) is 7.89. The third-order valence-corrected chi connectivity index (χ3v) is 12.5. The predicted octanol–water partition coefficient (Wildman–Crippen LogP) is 16.6. The minimum Gasteiger partial charge on any atom is -0.310 e. The van der Waals surface area contributed by atoms with E-state index in [4.69, 9.17) is 0 Å². The first-order valence-electron chi connectivity index (χ1n) is 21.1. The fourth-order valence-electron chi connectivity index (χ4n) is 9.36. The molecule has 1 saturated carbocycles. The molecule has 8 aromatic carbocycles. The molecular weight excluding hydrogens is 687 g/mol. The standard InChI is InChI=1S/C56H55N/c1-55(2,3)42-35-43(56(4,5)6)37-45(36-42)57(44-32-29-40(30-33-44)47-24-16-26-49-46-22-11-10-19-39(46)31-34-50(47)49)53-28-13-12-23-51(53)52-27-15-21-41-20-14-25-48(54(41)52)38-17-8-7-9-18-38/h10-16,19-38H,7-9,17-18H2,1-6H3. The molecule has 9 rings (SSSR count). The Morgan fingerprint density at radius 3 is 1.77 bits per heavy atom. The summed E-state index contributed by atoms with van der Waals surface area (Å²) < 4.78 is 0. The third kappa shape index (κ3) is 7.03. The normalized spacial score (nSPS) is 14.1. The Kier molecular flexibility index (Phi) is 9.52. The molecule has 1 aliphatic carbocycles. The molecule has 0 amide bonds. The molecule has 284 valence electrons. The fraction of sp³-hybridized carbons (Fsp3) is 0.250. The van der Waals surface area contributed by atoms with E-state index in [-0.39, 0.29) is 10.8 Å². The van der Waals surface area contributed by atoms with E-state index in [0.717, 1.165) is 5.69 Å². The summed E-state index contributed by atoms with van der Waals surface area (Å²) in [6, 6.07) is 59.7. The molecule has 0 atom stereocenters. The van der Waals surface area contributed by atoms with Crippen LogP contribution < -0.4 is 4.90 Å². The zero-order valence-corrected chi connectivity index (χ0v) is 34.6. The molecule has 1 aliphatic rings. The molecule has 1 nitrogen and oxygen atoms in total. The lowest BCUT2D eigenvalue weighted by Crippen LogP contribution is -2.19. The van der Waals surface area contributed by atoms with Gasteiger partial charge in [-0.2, -0.15) is 0 Å². The van der Waals surface area contributed by atoms with Crippen LogP contribution in [0.2, 0.25) is 0 Å². The van der Waals surface area contributed by atoms with Crippen LogP contribution in [-0.2, 0) is 10.8 Å². The molecule has 8 aromatic rings. The molecule has 0 bridgehead atoms. The molecule has 0 spiro atoms. The van der Waals surface area contributed by atoms with E-state index in [1.165, 1.54) is 115 Å². The van der Waals surface area contributed by atoms with Gasteiger partial charge < -0.3 is 4.90 Å². The highest BCUT2D eigenvalue weighted by atomic mass is 15.1. The highest BCUT2D eigenvalue weighted by molar-refractivity contribution is 6.12. The number of fused-ring (bicyclic) bond motifs is 4. The van der Waals surface area contributed by atoms with Crippen LogP contribution in [0.4, 0.5) is 17.1 Å². The average molecular weight is 742 g/mol. The van der Waals surface area contributed by atoms with Gasteiger partial charge in [0, 0.05) is 16.9 Å². The van der Waals surface area contributed by atoms with E-state index in [1.54, 1.807) is 0 Å². The van der Waals surface area contributed by atoms with E-state index in [2.05, 4.69) is 204 Å². The SMILES string of the molecule is CC(C)(C)c1cc(N(c2ccc(-c3cccc4c3ccc3ccccc34)cc2)c2ccccc2-c2cccc3cccc(C4CCCCC4)c23)cc(C(C)(C)C)c1. The van der Waals surface area contributed by atoms with Crippen molar-refractivity contribution in [2.24, 2.45) is 0 Å². The molecule has 0 aliphatic heterocycles. The topological polar surface area (TPSA) is 3.24 Å². The smallest absolute Gasteiger partial charge is 0.0540 e. The first-order valence-corrected chi connectivity index (χ1v) is 21.1. The molecular formula is C56H55N. The van der Waals surface area contributed by atoms with E-state index < -0.39 is 0 Å². The van der Waals surface area contributed by atoms with Gasteiger partial charge in [-0.15, -0.1) is 0 Å². The Labute approximate surface area is 340 Å². The second kappa shape index (κ2) is 14.7. The number of nitrogens with zero attached hydrogens (tertiary/aromatic N) is 1. The molecule has 1 heteroatoms. The molecule has 57 heavy (non-hydrogen) atoms. The first-order chi connectivity index (χ1) is 27.5. The number of para-hydroxylation sites is 1. The van der Waals surface area contributed by atoms with Crippen LogP contribution >= 0.6 is 0 Å². The lowest BCUT2D eigenvalue weighted by Gasteiger charge is -2.32. The summed E-state index contributed by atoms with van der Waals surface area (Å²) in [4.78, 5) is 2.53. The number of rotatable bonds is 6. The van der Waals surface area contributed by atoms with Gasteiger partial charge in [0.05, 0.1) is 5.69 Å². The lowest BCUT2D eigenvalue weighted by atomic mass is 9.80. The van der Waals surface area contributed by atoms with E-state index in [0.29, 0.717) is 5.92 Å². The fourth-order valence-corrected chi connectivity index (χ4v) is 9.36. The zero-order valence-electron chi connectivity index (χ0n) is 34.6. The molecule has 0 saturated heterocycles. The van der Waals surface area contributed by atoms with Crippen LogP contribution in [0.25, 0.3) is 54.6 Å². The van der Waals surface area contributed by atoms with Crippen LogP contribution in [0.15, 0.2) is 158 Å². The van der Waals surface area contributed by atoms with Gasteiger partial charge in [0.25, 0.3) is 0 Å². The Morgan fingerprint density at radius 1 is 0.439 bits per heavy atom. The molecule has 0 radical (unpaired) electrons. The quantitative estimate of drug-likeness (QED) is 0.153. The molecule has 0 aromatic heterocycles. The van der Waals surface area contributed by atoms with Gasteiger partial charge in [-0.3, -0.25) is 0 Å². The maximum atomic E-state index is 2.53. The molecule has 1 fully saturated rings. The van der Waals surface area contributed by atoms with Crippen molar-refractivity contribution in [3.63, 3.8) is 0 Å². The zero-order chi connectivity index (χ0) is 39.3. The van der Waals surface area contributed by atoms with Gasteiger partial charge in [0.2, 0.25) is 0 Å². The van der Waals surface area contributed by atoms with Crippen LogP contribution in [-0.4, -0.2) is 0 Å². The molecule has 0 unspecified atom stereocenters. The summed E-state index contributed by atoms with van der Waals surface area (Å²) in [7, 11) is 0. The molecule has 0 heterocycles. The van der Waals surface area contributed by atoms with Gasteiger partial charge in [-0.1, -0.05) is 188 Å². The van der Waals surface area contributed by atoms with Crippen LogP contribution in [0.3, 0.4) is 0 Å². The van der Waals surface area contributed by atoms with Gasteiger partial charge in [-0.25, -0.2) is 0 Å². The van der Waals surface area contributed by atoms with Gasteiger partial charge in [0.1, 0.15) is 0 Å². The minimum absolute atomic E-state index is 0.0197. The Hall–Kier alpha value is -5.66. The van der Waals surface area contributed by atoms with Crippen molar-refractivity contribution in [2.45, 2.75) is 90.4 Å². The lowest BCUT2D eigenvalue weighted by molar-refractivity contribution is 0.445. The van der Waals surface area contributed by atoms with E-state index in [1.807, 2.05) is 0 Å². The first kappa shape index (κ1) is 36.9. The van der Waals surface area contributed by atoms with Crippen molar-refractivity contribution < 1.29 is 0 Å². The van der Waals surface area contributed by atoms with Gasteiger partial charge in [-0.05, 0) is 126 Å². The largest absolute Gasteiger partial charge is 0.310 e. The maximum Gasteiger partial charge on any atom is 0.0540 e. The second-order valence-corrected chi connectivity index (χ2v) is 18.4. The average Bonchev–Trinajstić information content (AvgIpc) is 3.23. The van der Waals surface area contributed by atoms with Crippen LogP contribution in [0.1, 0.15) is 96.3 Å². The highest BCUT2D eigenvalue weighted by Gasteiger charge is 2.26. The van der Waals surface area contributed by atoms with E-state index >= 15 is 0 Å². The van der Waals surface area contributed by atoms with Crippen molar-refractivity contribution in [2.75, 3.05) is 4.90 Å². The summed E-state index contributed by atoms with van der Waals surface area (Å²) in [5.41, 5.74) is 12.8.